The largest absolute Gasteiger partial charge is 0.368 e. The molecule has 1 heterocycles. The van der Waals surface area contributed by atoms with Crippen molar-refractivity contribution in [2.75, 3.05) is 6.54 Å². The molecule has 2 rings (SSSR count). The fraction of sp³-hybridized carbons (Fsp3) is 0.300. The van der Waals surface area contributed by atoms with Gasteiger partial charge in [-0.15, -0.1) is 0 Å². The molecule has 2 aromatic rings. The molecule has 6 nitrogen and oxygen atoms in total. The van der Waals surface area contributed by atoms with Gasteiger partial charge >= 0.3 is 0 Å². The van der Waals surface area contributed by atoms with Gasteiger partial charge in [-0.1, -0.05) is 55.9 Å². The number of amides is 1. The Hall–Kier alpha value is -2.87. The van der Waals surface area contributed by atoms with Gasteiger partial charge in [0.2, 0.25) is 5.91 Å². The molecule has 1 amide bonds. The third-order valence-corrected chi connectivity index (χ3v) is 5.31. The first kappa shape index (κ1) is 20.4. The second-order valence-electron chi connectivity index (χ2n) is 5.76. The van der Waals surface area contributed by atoms with Crippen LogP contribution in [0.3, 0.4) is 0 Å². The van der Waals surface area contributed by atoms with Gasteiger partial charge < -0.3 is 11.1 Å². The van der Waals surface area contributed by atoms with Crippen molar-refractivity contribution in [1.82, 2.24) is 10.3 Å². The quantitative estimate of drug-likeness (QED) is 0.681. The van der Waals surface area contributed by atoms with E-state index in [1.807, 2.05) is 44.2 Å². The van der Waals surface area contributed by atoms with Crippen molar-refractivity contribution in [3.63, 3.8) is 0 Å². The summed E-state index contributed by atoms with van der Waals surface area (Å²) in [4.78, 5) is 16.6. The van der Waals surface area contributed by atoms with Crippen molar-refractivity contribution in [1.29, 1.82) is 10.5 Å². The standard InChI is InChI=1S/C20H21N5OS/c1-3-14-15(10-21)17(12-24-4-2)25-20(16(14)11-22)27-18(19(23)26)13-8-6-5-7-9-13/h5-9,18,24H,3-4,12H2,1-2H3,(H2,23,26). The predicted octanol–water partition coefficient (Wildman–Crippen LogP) is 2.82. The van der Waals surface area contributed by atoms with Gasteiger partial charge in [0.1, 0.15) is 22.4 Å². The van der Waals surface area contributed by atoms with Crippen LogP contribution < -0.4 is 11.1 Å². The van der Waals surface area contributed by atoms with E-state index >= 15 is 0 Å². The Labute approximate surface area is 163 Å². The van der Waals surface area contributed by atoms with Gasteiger partial charge in [0, 0.05) is 6.54 Å². The highest BCUT2D eigenvalue weighted by Crippen LogP contribution is 2.37. The summed E-state index contributed by atoms with van der Waals surface area (Å²) in [7, 11) is 0. The highest BCUT2D eigenvalue weighted by Gasteiger charge is 2.25. The molecule has 1 unspecified atom stereocenters. The smallest absolute Gasteiger partial charge is 0.235 e. The molecule has 1 aromatic heterocycles. The molecule has 0 aliphatic rings. The number of primary amides is 1. The molecule has 0 spiro atoms. The number of hydrogen-bond donors (Lipinski definition) is 2. The minimum Gasteiger partial charge on any atom is -0.368 e. The number of nitrogens with two attached hydrogens (primary N) is 1. The van der Waals surface area contributed by atoms with E-state index in [9.17, 15) is 15.3 Å². The monoisotopic (exact) mass is 379 g/mol. The van der Waals surface area contributed by atoms with E-state index in [0.717, 1.165) is 23.9 Å². The second-order valence-corrected chi connectivity index (χ2v) is 6.85. The number of aromatic nitrogens is 1. The van der Waals surface area contributed by atoms with E-state index in [1.54, 1.807) is 0 Å². The Morgan fingerprint density at radius 1 is 1.22 bits per heavy atom. The van der Waals surface area contributed by atoms with Gasteiger partial charge in [0.15, 0.2) is 0 Å². The van der Waals surface area contributed by atoms with E-state index in [1.165, 1.54) is 0 Å². The lowest BCUT2D eigenvalue weighted by atomic mass is 10.00. The molecule has 0 aliphatic carbocycles. The topological polar surface area (TPSA) is 116 Å². The third-order valence-electron chi connectivity index (χ3n) is 4.05. The molecule has 0 fully saturated rings. The number of carbonyl (C=O) groups is 1. The average Bonchev–Trinajstić information content (AvgIpc) is 2.69. The number of rotatable bonds is 8. The first-order valence-electron chi connectivity index (χ1n) is 8.64. The SMILES string of the molecule is CCNCc1nc(SC(C(N)=O)c2ccccc2)c(C#N)c(CC)c1C#N. The Morgan fingerprint density at radius 3 is 2.41 bits per heavy atom. The first-order chi connectivity index (χ1) is 13.1. The maximum Gasteiger partial charge on any atom is 0.235 e. The van der Waals surface area contributed by atoms with Crippen LogP contribution in [0.1, 0.15) is 47.0 Å². The van der Waals surface area contributed by atoms with E-state index < -0.39 is 11.2 Å². The highest BCUT2D eigenvalue weighted by molar-refractivity contribution is 8.00. The summed E-state index contributed by atoms with van der Waals surface area (Å²) in [6, 6.07) is 13.5. The van der Waals surface area contributed by atoms with Crippen LogP contribution in [0.15, 0.2) is 35.4 Å². The van der Waals surface area contributed by atoms with Crippen LogP contribution in [0.25, 0.3) is 0 Å². The zero-order chi connectivity index (χ0) is 19.8. The minimum atomic E-state index is -0.671. The molecule has 0 aliphatic heterocycles. The zero-order valence-corrected chi connectivity index (χ0v) is 16.1. The lowest BCUT2D eigenvalue weighted by Crippen LogP contribution is -2.20. The van der Waals surface area contributed by atoms with E-state index in [2.05, 4.69) is 22.4 Å². The molecule has 1 aromatic carbocycles. The van der Waals surface area contributed by atoms with Crippen LogP contribution in [0.5, 0.6) is 0 Å². The molecule has 1 atom stereocenters. The van der Waals surface area contributed by atoms with Crippen LogP contribution in [0, 0.1) is 22.7 Å². The number of hydrogen-bond acceptors (Lipinski definition) is 6. The van der Waals surface area contributed by atoms with Crippen molar-refractivity contribution < 1.29 is 4.79 Å². The van der Waals surface area contributed by atoms with Crippen LogP contribution in [-0.4, -0.2) is 17.4 Å². The summed E-state index contributed by atoms with van der Waals surface area (Å²) >= 11 is 1.15. The number of thioether (sulfide) groups is 1. The average molecular weight is 379 g/mol. The summed E-state index contributed by atoms with van der Waals surface area (Å²) in [5, 5.41) is 22.2. The second kappa shape index (κ2) is 9.72. The Kier molecular flexibility index (Phi) is 7.36. The fourth-order valence-electron chi connectivity index (χ4n) is 2.75. The predicted molar refractivity (Wildman–Crippen MR) is 105 cm³/mol. The molecule has 7 heteroatoms. The van der Waals surface area contributed by atoms with Gasteiger partial charge in [0.05, 0.1) is 16.8 Å². The Bertz CT molecular complexity index is 899. The number of nitrogens with one attached hydrogen (secondary N) is 1. The lowest BCUT2D eigenvalue weighted by Gasteiger charge is -2.17. The van der Waals surface area contributed by atoms with Gasteiger partial charge in [-0.3, -0.25) is 4.79 Å². The summed E-state index contributed by atoms with van der Waals surface area (Å²) in [5.41, 5.74) is 8.36. The molecule has 0 radical (unpaired) electrons. The van der Waals surface area contributed by atoms with Crippen molar-refractivity contribution in [3.05, 3.63) is 58.3 Å². The van der Waals surface area contributed by atoms with Crippen molar-refractivity contribution >= 4 is 17.7 Å². The number of nitrogens with zero attached hydrogens (tertiary/aromatic N) is 3. The fourth-order valence-corrected chi connectivity index (χ4v) is 3.83. The molecule has 0 saturated carbocycles. The van der Waals surface area contributed by atoms with Crippen molar-refractivity contribution in [2.24, 2.45) is 5.73 Å². The Morgan fingerprint density at radius 2 is 1.89 bits per heavy atom. The summed E-state index contributed by atoms with van der Waals surface area (Å²) in [5.74, 6) is -0.507. The summed E-state index contributed by atoms with van der Waals surface area (Å²) in [6.07, 6.45) is 0.521. The Balaban J connectivity index is 2.59. The maximum absolute atomic E-state index is 12.1. The summed E-state index contributed by atoms with van der Waals surface area (Å²) in [6.45, 7) is 5.00. The molecule has 0 bridgehead atoms. The number of pyridine rings is 1. The van der Waals surface area contributed by atoms with E-state index in [-0.39, 0.29) is 0 Å². The molecule has 0 saturated heterocycles. The number of benzene rings is 1. The molecule has 27 heavy (non-hydrogen) atoms. The number of carbonyl (C=O) groups excluding carboxylic acids is 1. The first-order valence-corrected chi connectivity index (χ1v) is 9.52. The van der Waals surface area contributed by atoms with Gasteiger partial charge in [-0.2, -0.15) is 10.5 Å². The van der Waals surface area contributed by atoms with Crippen LogP contribution in [0.2, 0.25) is 0 Å². The molecular formula is C20H21N5OS. The van der Waals surface area contributed by atoms with Crippen LogP contribution in [0.4, 0.5) is 0 Å². The minimum absolute atomic E-state index is 0.335. The van der Waals surface area contributed by atoms with Crippen molar-refractivity contribution in [2.45, 2.75) is 37.1 Å². The summed E-state index contributed by atoms with van der Waals surface area (Å²) < 4.78 is 0. The van der Waals surface area contributed by atoms with Gasteiger partial charge in [-0.05, 0) is 24.1 Å². The zero-order valence-electron chi connectivity index (χ0n) is 15.3. The maximum atomic E-state index is 12.1. The van der Waals surface area contributed by atoms with E-state index in [0.29, 0.717) is 40.4 Å². The highest BCUT2D eigenvalue weighted by atomic mass is 32.2. The van der Waals surface area contributed by atoms with Crippen molar-refractivity contribution in [3.8, 4) is 12.1 Å². The molecule has 3 N–H and O–H groups in total. The number of nitriles is 2. The van der Waals surface area contributed by atoms with Crippen LogP contribution in [-0.2, 0) is 17.8 Å². The lowest BCUT2D eigenvalue weighted by molar-refractivity contribution is -0.117. The molecular weight excluding hydrogens is 358 g/mol. The van der Waals surface area contributed by atoms with Gasteiger partial charge in [0.25, 0.3) is 0 Å². The van der Waals surface area contributed by atoms with E-state index in [4.69, 9.17) is 5.73 Å². The molecule has 138 valence electrons. The third kappa shape index (κ3) is 4.65. The van der Waals surface area contributed by atoms with Crippen LogP contribution >= 0.6 is 11.8 Å². The van der Waals surface area contributed by atoms with Gasteiger partial charge in [-0.25, -0.2) is 4.98 Å². The normalized spacial score (nSPS) is 11.4.